The van der Waals surface area contributed by atoms with Gasteiger partial charge in [-0.25, -0.2) is 8.42 Å². The van der Waals surface area contributed by atoms with Gasteiger partial charge in [0.05, 0.1) is 17.3 Å². The summed E-state index contributed by atoms with van der Waals surface area (Å²) in [5.41, 5.74) is 0. The van der Waals surface area contributed by atoms with Crippen LogP contribution in [0.1, 0.15) is 6.42 Å². The van der Waals surface area contributed by atoms with Crippen LogP contribution in [0, 0.1) is 0 Å². The Hall–Kier alpha value is -1.09. The van der Waals surface area contributed by atoms with Gasteiger partial charge in [-0.2, -0.15) is 0 Å². The molecule has 0 aromatic carbocycles. The van der Waals surface area contributed by atoms with E-state index in [4.69, 9.17) is 0 Å². The molecule has 0 aliphatic carbocycles. The number of aromatic nitrogens is 3. The van der Waals surface area contributed by atoms with Crippen molar-refractivity contribution in [1.29, 1.82) is 0 Å². The Bertz CT molecular complexity index is 540. The number of carbonyl (C=O) groups is 1. The minimum atomic E-state index is -2.95. The van der Waals surface area contributed by atoms with Gasteiger partial charge in [0.2, 0.25) is 5.91 Å². The number of thioether (sulfide) groups is 1. The highest BCUT2D eigenvalue weighted by atomic mass is 32.2. The second-order valence-electron chi connectivity index (χ2n) is 4.18. The molecule has 0 spiro atoms. The third-order valence-corrected chi connectivity index (χ3v) is 5.40. The van der Waals surface area contributed by atoms with Gasteiger partial charge in [-0.1, -0.05) is 11.8 Å². The van der Waals surface area contributed by atoms with E-state index in [1.165, 1.54) is 11.8 Å². The monoisotopic (exact) mass is 290 g/mol. The average molecular weight is 290 g/mol. The third-order valence-electron chi connectivity index (χ3n) is 2.60. The summed E-state index contributed by atoms with van der Waals surface area (Å²) in [5, 5.41) is 10.9. The van der Waals surface area contributed by atoms with Crippen LogP contribution in [0.3, 0.4) is 0 Å². The molecular formula is C9H14N4O3S2. The van der Waals surface area contributed by atoms with Crippen molar-refractivity contribution in [1.82, 2.24) is 20.1 Å². The van der Waals surface area contributed by atoms with Crippen LogP contribution in [0.2, 0.25) is 0 Å². The zero-order chi connectivity index (χ0) is 13.2. The first-order chi connectivity index (χ1) is 8.46. The summed E-state index contributed by atoms with van der Waals surface area (Å²) in [6, 6.07) is -0.248. The molecule has 1 N–H and O–H groups in total. The Balaban J connectivity index is 1.78. The zero-order valence-corrected chi connectivity index (χ0v) is 11.5. The van der Waals surface area contributed by atoms with Crippen LogP contribution in [0.5, 0.6) is 0 Å². The second-order valence-corrected chi connectivity index (χ2v) is 7.35. The van der Waals surface area contributed by atoms with E-state index in [-0.39, 0.29) is 29.2 Å². The van der Waals surface area contributed by atoms with Gasteiger partial charge in [0, 0.05) is 13.1 Å². The normalized spacial score (nSPS) is 21.9. The second kappa shape index (κ2) is 5.27. The number of aryl methyl sites for hydroxylation is 1. The van der Waals surface area contributed by atoms with Gasteiger partial charge in [0.15, 0.2) is 15.0 Å². The molecule has 2 rings (SSSR count). The number of amides is 1. The van der Waals surface area contributed by atoms with Crippen molar-refractivity contribution in [2.45, 2.75) is 17.6 Å². The van der Waals surface area contributed by atoms with Crippen LogP contribution in [-0.4, -0.2) is 52.4 Å². The largest absolute Gasteiger partial charge is 0.352 e. The summed E-state index contributed by atoms with van der Waals surface area (Å²) in [6.07, 6.45) is 2.06. The molecule has 0 radical (unpaired) electrons. The Morgan fingerprint density at radius 3 is 3.00 bits per heavy atom. The van der Waals surface area contributed by atoms with Gasteiger partial charge in [-0.15, -0.1) is 10.2 Å². The number of rotatable bonds is 4. The number of sulfone groups is 1. The molecule has 1 amide bonds. The summed E-state index contributed by atoms with van der Waals surface area (Å²) >= 11 is 1.27. The molecule has 2 heterocycles. The first-order valence-electron chi connectivity index (χ1n) is 5.43. The van der Waals surface area contributed by atoms with E-state index in [9.17, 15) is 13.2 Å². The Kier molecular flexibility index (Phi) is 3.91. The number of carbonyl (C=O) groups excluding carboxylic acids is 1. The van der Waals surface area contributed by atoms with Crippen molar-refractivity contribution in [3.8, 4) is 0 Å². The lowest BCUT2D eigenvalue weighted by Crippen LogP contribution is -2.36. The molecule has 9 heteroatoms. The maximum absolute atomic E-state index is 11.6. The minimum absolute atomic E-state index is 0.0490. The van der Waals surface area contributed by atoms with Crippen molar-refractivity contribution in [2.24, 2.45) is 7.05 Å². The molecule has 1 aliphatic rings. The minimum Gasteiger partial charge on any atom is -0.352 e. The Labute approximate surface area is 109 Å². The van der Waals surface area contributed by atoms with Crippen LogP contribution in [0.25, 0.3) is 0 Å². The molecule has 1 aromatic heterocycles. The van der Waals surface area contributed by atoms with E-state index in [0.29, 0.717) is 11.6 Å². The van der Waals surface area contributed by atoms with E-state index in [1.54, 1.807) is 17.9 Å². The lowest BCUT2D eigenvalue weighted by Gasteiger charge is -2.09. The van der Waals surface area contributed by atoms with Crippen molar-refractivity contribution < 1.29 is 13.2 Å². The maximum atomic E-state index is 11.6. The topological polar surface area (TPSA) is 93.9 Å². The molecule has 1 aliphatic heterocycles. The highest BCUT2D eigenvalue weighted by Crippen LogP contribution is 2.14. The molecule has 1 fully saturated rings. The van der Waals surface area contributed by atoms with Crippen molar-refractivity contribution in [2.75, 3.05) is 17.3 Å². The summed E-state index contributed by atoms with van der Waals surface area (Å²) in [5.74, 6) is 0.246. The van der Waals surface area contributed by atoms with Crippen LogP contribution in [-0.2, 0) is 21.7 Å². The van der Waals surface area contributed by atoms with Crippen molar-refractivity contribution >= 4 is 27.5 Å². The van der Waals surface area contributed by atoms with Crippen molar-refractivity contribution in [3.63, 3.8) is 0 Å². The third kappa shape index (κ3) is 3.45. The fraction of sp³-hybridized carbons (Fsp3) is 0.667. The number of hydrogen-bond donors (Lipinski definition) is 1. The Morgan fingerprint density at radius 1 is 1.67 bits per heavy atom. The van der Waals surface area contributed by atoms with Gasteiger partial charge < -0.3 is 9.88 Å². The Morgan fingerprint density at radius 2 is 2.44 bits per heavy atom. The quantitative estimate of drug-likeness (QED) is 0.730. The molecule has 100 valence electrons. The lowest BCUT2D eigenvalue weighted by atomic mass is 10.3. The predicted octanol–water partition coefficient (Wildman–Crippen LogP) is -0.789. The van der Waals surface area contributed by atoms with Crippen LogP contribution < -0.4 is 5.32 Å². The fourth-order valence-electron chi connectivity index (χ4n) is 1.71. The van der Waals surface area contributed by atoms with E-state index < -0.39 is 9.84 Å². The van der Waals surface area contributed by atoms with E-state index in [2.05, 4.69) is 15.5 Å². The summed E-state index contributed by atoms with van der Waals surface area (Å²) in [4.78, 5) is 11.6. The molecule has 18 heavy (non-hydrogen) atoms. The van der Waals surface area contributed by atoms with E-state index in [0.717, 1.165) is 0 Å². The molecule has 0 saturated carbocycles. The highest BCUT2D eigenvalue weighted by molar-refractivity contribution is 7.99. The molecule has 1 aromatic rings. The molecular weight excluding hydrogens is 276 g/mol. The SMILES string of the molecule is Cn1cnnc1SCC(=O)N[C@H]1CCS(=O)(=O)C1. The molecule has 1 atom stereocenters. The lowest BCUT2D eigenvalue weighted by molar-refractivity contribution is -0.119. The van der Waals surface area contributed by atoms with Gasteiger partial charge in [-0.05, 0) is 6.42 Å². The number of hydrogen-bond acceptors (Lipinski definition) is 6. The maximum Gasteiger partial charge on any atom is 0.230 e. The average Bonchev–Trinajstić information content (AvgIpc) is 2.82. The van der Waals surface area contributed by atoms with Crippen LogP contribution in [0.4, 0.5) is 0 Å². The van der Waals surface area contributed by atoms with Gasteiger partial charge >= 0.3 is 0 Å². The standard InChI is InChI=1S/C9H14N4O3S2/c1-13-6-10-12-9(13)17-4-8(14)11-7-2-3-18(15,16)5-7/h6-7H,2-5H2,1H3,(H,11,14)/t7-/m0/s1. The van der Waals surface area contributed by atoms with Gasteiger partial charge in [-0.3, -0.25) is 4.79 Å². The van der Waals surface area contributed by atoms with Crippen molar-refractivity contribution in [3.05, 3.63) is 6.33 Å². The smallest absolute Gasteiger partial charge is 0.230 e. The summed E-state index contributed by atoms with van der Waals surface area (Å²) in [6.45, 7) is 0. The molecule has 7 nitrogen and oxygen atoms in total. The number of nitrogens with one attached hydrogen (secondary N) is 1. The van der Waals surface area contributed by atoms with Crippen LogP contribution in [0.15, 0.2) is 11.5 Å². The summed E-state index contributed by atoms with van der Waals surface area (Å²) < 4.78 is 24.2. The summed E-state index contributed by atoms with van der Waals surface area (Å²) in [7, 11) is -1.16. The van der Waals surface area contributed by atoms with E-state index in [1.807, 2.05) is 0 Å². The first kappa shape index (κ1) is 13.3. The van der Waals surface area contributed by atoms with Gasteiger partial charge in [0.25, 0.3) is 0 Å². The number of nitrogens with zero attached hydrogens (tertiary/aromatic N) is 3. The molecule has 1 saturated heterocycles. The predicted molar refractivity (Wildman–Crippen MR) is 66.9 cm³/mol. The van der Waals surface area contributed by atoms with Crippen LogP contribution >= 0.6 is 11.8 Å². The van der Waals surface area contributed by atoms with E-state index >= 15 is 0 Å². The highest BCUT2D eigenvalue weighted by Gasteiger charge is 2.28. The first-order valence-corrected chi connectivity index (χ1v) is 8.23. The molecule has 0 bridgehead atoms. The molecule has 0 unspecified atom stereocenters. The zero-order valence-electron chi connectivity index (χ0n) is 9.87. The fourth-order valence-corrected chi connectivity index (χ4v) is 4.08. The van der Waals surface area contributed by atoms with Gasteiger partial charge in [0.1, 0.15) is 6.33 Å².